The van der Waals surface area contributed by atoms with Crippen LogP contribution in [0.3, 0.4) is 0 Å². The molecule has 0 saturated carbocycles. The number of rotatable bonds is 4. The Morgan fingerprint density at radius 2 is 1.61 bits per heavy atom. The summed E-state index contributed by atoms with van der Waals surface area (Å²) in [5, 5.41) is 2.64. The SMILES string of the molecule is NC(=O)N1CCCN(c2cc(C(F)(F)F)c3c(=O)cc(Nc4ccccc4)n(-c4ccccc4)c3n2)CC1. The van der Waals surface area contributed by atoms with Crippen molar-refractivity contribution in [3.05, 3.63) is 88.6 Å². The van der Waals surface area contributed by atoms with Gasteiger partial charge < -0.3 is 20.9 Å². The highest BCUT2D eigenvalue weighted by Gasteiger charge is 2.36. The largest absolute Gasteiger partial charge is 0.417 e. The number of hydrogen-bond donors (Lipinski definition) is 2. The van der Waals surface area contributed by atoms with E-state index in [2.05, 4.69) is 10.3 Å². The third-order valence-electron chi connectivity index (χ3n) is 6.45. The van der Waals surface area contributed by atoms with Gasteiger partial charge in [-0.15, -0.1) is 0 Å². The molecule has 0 bridgehead atoms. The number of hydrogen-bond acceptors (Lipinski definition) is 5. The lowest BCUT2D eigenvalue weighted by atomic mass is 10.1. The third-order valence-corrected chi connectivity index (χ3v) is 6.45. The van der Waals surface area contributed by atoms with E-state index in [-0.39, 0.29) is 30.4 Å². The minimum atomic E-state index is -4.80. The van der Waals surface area contributed by atoms with Crippen LogP contribution in [0.5, 0.6) is 0 Å². The Morgan fingerprint density at radius 1 is 0.921 bits per heavy atom. The highest BCUT2D eigenvalue weighted by molar-refractivity contribution is 5.86. The van der Waals surface area contributed by atoms with Gasteiger partial charge in [0.15, 0.2) is 11.1 Å². The summed E-state index contributed by atoms with van der Waals surface area (Å²) in [5.41, 5.74) is 4.62. The van der Waals surface area contributed by atoms with Crippen molar-refractivity contribution in [3.63, 3.8) is 0 Å². The molecule has 196 valence electrons. The molecule has 11 heteroatoms. The molecule has 4 aromatic rings. The van der Waals surface area contributed by atoms with Gasteiger partial charge in [0, 0.05) is 43.6 Å². The zero-order valence-electron chi connectivity index (χ0n) is 20.3. The number of amides is 2. The molecule has 0 unspecified atom stereocenters. The summed E-state index contributed by atoms with van der Waals surface area (Å²) in [4.78, 5) is 32.7. The minimum absolute atomic E-state index is 0.0667. The number of benzene rings is 2. The van der Waals surface area contributed by atoms with Crippen molar-refractivity contribution in [2.75, 3.05) is 36.4 Å². The maximum atomic E-state index is 14.4. The van der Waals surface area contributed by atoms with Crippen LogP contribution in [-0.2, 0) is 6.18 Å². The predicted octanol–water partition coefficient (Wildman–Crippen LogP) is 4.74. The molecule has 0 aliphatic carbocycles. The molecule has 3 N–H and O–H groups in total. The van der Waals surface area contributed by atoms with E-state index in [0.29, 0.717) is 30.9 Å². The number of alkyl halides is 3. The van der Waals surface area contributed by atoms with Crippen LogP contribution in [0.4, 0.5) is 35.3 Å². The Hall–Kier alpha value is -4.54. The first-order chi connectivity index (χ1) is 18.2. The molecule has 5 rings (SSSR count). The fourth-order valence-corrected chi connectivity index (χ4v) is 4.65. The van der Waals surface area contributed by atoms with Gasteiger partial charge in [-0.3, -0.25) is 9.36 Å². The summed E-state index contributed by atoms with van der Waals surface area (Å²) >= 11 is 0. The molecule has 0 spiro atoms. The van der Waals surface area contributed by atoms with Crippen molar-refractivity contribution in [3.8, 4) is 5.69 Å². The van der Waals surface area contributed by atoms with Gasteiger partial charge in [-0.25, -0.2) is 9.78 Å². The highest BCUT2D eigenvalue weighted by Crippen LogP contribution is 2.37. The molecule has 1 aliphatic rings. The molecule has 1 saturated heterocycles. The number of para-hydroxylation sites is 2. The molecule has 0 radical (unpaired) electrons. The standard InChI is InChI=1S/C27H25F3N6O2/c28-27(29,30)20-16-22(34-12-7-13-35(15-14-34)26(31)38)33-25-24(20)21(37)17-23(32-18-8-3-1-4-9-18)36(25)19-10-5-2-6-11-19/h1-6,8-11,16-17,32H,7,12-15H2,(H2,31,38). The minimum Gasteiger partial charge on any atom is -0.355 e. The molecule has 8 nitrogen and oxygen atoms in total. The Balaban J connectivity index is 1.76. The van der Waals surface area contributed by atoms with E-state index in [1.807, 2.05) is 6.07 Å². The number of nitrogens with two attached hydrogens (primary N) is 1. The number of carbonyl (C=O) groups is 1. The van der Waals surface area contributed by atoms with Crippen LogP contribution in [-0.4, -0.2) is 46.7 Å². The average molecular weight is 523 g/mol. The first-order valence-corrected chi connectivity index (χ1v) is 12.1. The summed E-state index contributed by atoms with van der Waals surface area (Å²) in [5.74, 6) is 0.338. The van der Waals surface area contributed by atoms with Gasteiger partial charge in [-0.05, 0) is 36.8 Å². The van der Waals surface area contributed by atoms with Gasteiger partial charge in [0.25, 0.3) is 0 Å². The van der Waals surface area contributed by atoms with E-state index in [4.69, 9.17) is 5.73 Å². The van der Waals surface area contributed by atoms with Gasteiger partial charge in [0.1, 0.15) is 11.6 Å². The van der Waals surface area contributed by atoms with E-state index in [9.17, 15) is 22.8 Å². The smallest absolute Gasteiger partial charge is 0.355 e. The Kier molecular flexibility index (Phi) is 6.66. The molecule has 2 aromatic heterocycles. The predicted molar refractivity (Wildman–Crippen MR) is 140 cm³/mol. The fraction of sp³-hybridized carbons (Fsp3) is 0.222. The van der Waals surface area contributed by atoms with Gasteiger partial charge in [-0.2, -0.15) is 13.2 Å². The van der Waals surface area contributed by atoms with Crippen molar-refractivity contribution >= 4 is 34.4 Å². The molecule has 1 aliphatic heterocycles. The number of nitrogens with zero attached hydrogens (tertiary/aromatic N) is 4. The first-order valence-electron chi connectivity index (χ1n) is 12.1. The second-order valence-corrected chi connectivity index (χ2v) is 8.95. The normalized spacial score (nSPS) is 14.4. The Bertz CT molecular complexity index is 1520. The van der Waals surface area contributed by atoms with E-state index in [1.54, 1.807) is 59.5 Å². The highest BCUT2D eigenvalue weighted by atomic mass is 19.4. The second kappa shape index (κ2) is 10.1. The van der Waals surface area contributed by atoms with Crippen molar-refractivity contribution in [1.29, 1.82) is 0 Å². The van der Waals surface area contributed by atoms with Crippen LogP contribution in [0.25, 0.3) is 16.7 Å². The van der Waals surface area contributed by atoms with Crippen molar-refractivity contribution in [2.24, 2.45) is 5.73 Å². The number of anilines is 3. The average Bonchev–Trinajstić information content (AvgIpc) is 3.15. The fourth-order valence-electron chi connectivity index (χ4n) is 4.65. The Labute approximate surface area is 216 Å². The Morgan fingerprint density at radius 3 is 2.26 bits per heavy atom. The van der Waals surface area contributed by atoms with E-state index in [0.717, 1.165) is 12.1 Å². The third kappa shape index (κ3) is 4.99. The monoisotopic (exact) mass is 522 g/mol. The molecular formula is C27H25F3N6O2. The summed E-state index contributed by atoms with van der Waals surface area (Å²) in [6.45, 7) is 1.26. The number of fused-ring (bicyclic) bond motifs is 1. The van der Waals surface area contributed by atoms with Crippen LogP contribution in [0.15, 0.2) is 77.6 Å². The summed E-state index contributed by atoms with van der Waals surface area (Å²) in [7, 11) is 0. The van der Waals surface area contributed by atoms with Crippen LogP contribution >= 0.6 is 0 Å². The first kappa shape index (κ1) is 25.1. The van der Waals surface area contributed by atoms with Crippen molar-refractivity contribution in [2.45, 2.75) is 12.6 Å². The molecular weight excluding hydrogens is 497 g/mol. The van der Waals surface area contributed by atoms with E-state index in [1.165, 1.54) is 9.47 Å². The lowest BCUT2D eigenvalue weighted by Gasteiger charge is -2.25. The van der Waals surface area contributed by atoms with E-state index >= 15 is 0 Å². The number of carbonyl (C=O) groups excluding carboxylic acids is 1. The van der Waals surface area contributed by atoms with Crippen molar-refractivity contribution in [1.82, 2.24) is 14.5 Å². The lowest BCUT2D eigenvalue weighted by Crippen LogP contribution is -2.38. The summed E-state index contributed by atoms with van der Waals surface area (Å²) < 4.78 is 44.7. The number of pyridine rings is 2. The van der Waals surface area contributed by atoms with Gasteiger partial charge in [-0.1, -0.05) is 36.4 Å². The number of nitrogens with one attached hydrogen (secondary N) is 1. The lowest BCUT2D eigenvalue weighted by molar-refractivity contribution is -0.136. The quantitative estimate of drug-likeness (QED) is 0.404. The van der Waals surface area contributed by atoms with Crippen LogP contribution in [0.2, 0.25) is 0 Å². The van der Waals surface area contributed by atoms with Crippen LogP contribution in [0.1, 0.15) is 12.0 Å². The number of primary amides is 1. The molecule has 1 fully saturated rings. The summed E-state index contributed by atoms with van der Waals surface area (Å²) in [6.07, 6.45) is -4.30. The topological polar surface area (TPSA) is 96.5 Å². The molecule has 3 heterocycles. The van der Waals surface area contributed by atoms with Gasteiger partial charge in [0.05, 0.1) is 10.9 Å². The number of urea groups is 1. The van der Waals surface area contributed by atoms with Crippen molar-refractivity contribution < 1.29 is 18.0 Å². The van der Waals surface area contributed by atoms with E-state index < -0.39 is 28.6 Å². The van der Waals surface area contributed by atoms with Crippen LogP contribution in [0, 0.1) is 0 Å². The zero-order chi connectivity index (χ0) is 26.9. The van der Waals surface area contributed by atoms with Gasteiger partial charge >= 0.3 is 12.2 Å². The number of aromatic nitrogens is 2. The zero-order valence-corrected chi connectivity index (χ0v) is 20.3. The molecule has 0 atom stereocenters. The molecule has 2 amide bonds. The maximum absolute atomic E-state index is 14.4. The maximum Gasteiger partial charge on any atom is 0.417 e. The second-order valence-electron chi connectivity index (χ2n) is 8.95. The molecule has 38 heavy (non-hydrogen) atoms. The molecule has 2 aromatic carbocycles. The van der Waals surface area contributed by atoms with Crippen LogP contribution < -0.4 is 21.4 Å². The number of halogens is 3. The van der Waals surface area contributed by atoms with Gasteiger partial charge in [0.2, 0.25) is 0 Å². The summed E-state index contributed by atoms with van der Waals surface area (Å²) in [6, 6.07) is 19.3.